The van der Waals surface area contributed by atoms with Gasteiger partial charge in [-0.1, -0.05) is 0 Å². The number of carbonyl (C=O) groups is 2. The summed E-state index contributed by atoms with van der Waals surface area (Å²) >= 11 is 0. The minimum absolute atomic E-state index is 0.000768. The van der Waals surface area contributed by atoms with Crippen LogP contribution < -0.4 is 0 Å². The number of nitrogens with zero attached hydrogens (tertiary/aromatic N) is 5. The van der Waals surface area contributed by atoms with Crippen LogP contribution in [0.1, 0.15) is 23.2 Å². The number of likely N-dealkylation sites (N-methyl/N-ethyl adjacent to an activating group) is 1. The van der Waals surface area contributed by atoms with Crippen molar-refractivity contribution in [2.24, 2.45) is 5.92 Å². The number of carboxylic acids is 1. The first-order valence-corrected chi connectivity index (χ1v) is 9.95. The minimum Gasteiger partial charge on any atom is -0.475 e. The van der Waals surface area contributed by atoms with Gasteiger partial charge in [-0.2, -0.15) is 18.3 Å². The van der Waals surface area contributed by atoms with E-state index in [0.717, 1.165) is 32.5 Å². The summed E-state index contributed by atoms with van der Waals surface area (Å²) in [6.07, 6.45) is 0.251. The number of halogens is 4. The van der Waals surface area contributed by atoms with Gasteiger partial charge in [-0.3, -0.25) is 14.4 Å². The molecule has 2 aliphatic rings. The number of carbonyl (C=O) groups excluding carboxylic acids is 1. The standard InChI is InChI=1S/C18H22FN5O.C2HF3O2/c1-22-16(10-24-12-20-11-21-24)8-14-9-23(7-6-17(14)22)18(25)13-2-4-15(19)5-3-13;3-2(4,5)1(6)7/h2-5,11-12,14,16-17H,6-10H2,1H3;(H,6,7)/t14-,16+,17+;/m1./s1. The number of fused-ring (bicyclic) bond motifs is 1. The fourth-order valence-electron chi connectivity index (χ4n) is 4.28. The van der Waals surface area contributed by atoms with Gasteiger partial charge in [0.05, 0.1) is 6.54 Å². The molecule has 2 aromatic rings. The van der Waals surface area contributed by atoms with Gasteiger partial charge in [-0.05, 0) is 50.1 Å². The maximum absolute atomic E-state index is 13.1. The third kappa shape index (κ3) is 5.61. The lowest BCUT2D eigenvalue weighted by Gasteiger charge is -2.37. The fraction of sp³-hybridized carbons (Fsp3) is 0.500. The van der Waals surface area contributed by atoms with Crippen molar-refractivity contribution in [1.29, 1.82) is 0 Å². The summed E-state index contributed by atoms with van der Waals surface area (Å²) < 4.78 is 46.7. The van der Waals surface area contributed by atoms with E-state index in [1.807, 2.05) is 9.58 Å². The Morgan fingerprint density at radius 3 is 2.44 bits per heavy atom. The Bertz CT molecular complexity index is 920. The molecule has 2 saturated heterocycles. The molecule has 1 aromatic carbocycles. The average Bonchev–Trinajstić information content (AvgIpc) is 3.36. The number of likely N-dealkylation sites (tertiary alicyclic amines) is 2. The van der Waals surface area contributed by atoms with Crippen LogP contribution in [-0.4, -0.2) is 79.9 Å². The Morgan fingerprint density at radius 1 is 1.22 bits per heavy atom. The number of hydrogen-bond acceptors (Lipinski definition) is 5. The van der Waals surface area contributed by atoms with Crippen molar-refractivity contribution >= 4 is 11.9 Å². The number of aliphatic carboxylic acids is 1. The van der Waals surface area contributed by atoms with Crippen LogP contribution in [0.4, 0.5) is 17.6 Å². The van der Waals surface area contributed by atoms with Crippen molar-refractivity contribution in [2.75, 3.05) is 20.1 Å². The molecule has 0 saturated carbocycles. The Morgan fingerprint density at radius 2 is 1.88 bits per heavy atom. The van der Waals surface area contributed by atoms with E-state index in [-0.39, 0.29) is 11.7 Å². The second-order valence-corrected chi connectivity index (χ2v) is 7.85. The van der Waals surface area contributed by atoms with E-state index in [4.69, 9.17) is 9.90 Å². The second-order valence-electron chi connectivity index (χ2n) is 7.85. The highest BCUT2D eigenvalue weighted by Crippen LogP contribution is 2.35. The Kier molecular flexibility index (Phi) is 7.12. The van der Waals surface area contributed by atoms with E-state index < -0.39 is 12.1 Å². The molecule has 1 aromatic heterocycles. The Balaban J connectivity index is 0.000000360. The minimum atomic E-state index is -5.08. The van der Waals surface area contributed by atoms with E-state index in [9.17, 15) is 22.4 Å². The third-order valence-corrected chi connectivity index (χ3v) is 5.85. The van der Waals surface area contributed by atoms with E-state index in [0.29, 0.717) is 23.6 Å². The molecular weight excluding hydrogens is 434 g/mol. The lowest BCUT2D eigenvalue weighted by atomic mass is 9.91. The number of hydrogen-bond donors (Lipinski definition) is 1. The molecule has 0 spiro atoms. The molecule has 32 heavy (non-hydrogen) atoms. The number of carboxylic acid groups (broad SMARTS) is 1. The lowest BCUT2D eigenvalue weighted by Crippen LogP contribution is -2.47. The molecule has 3 atom stereocenters. The van der Waals surface area contributed by atoms with E-state index in [1.165, 1.54) is 12.1 Å². The zero-order valence-corrected chi connectivity index (χ0v) is 17.2. The van der Waals surface area contributed by atoms with Gasteiger partial charge in [0.2, 0.25) is 0 Å². The third-order valence-electron chi connectivity index (χ3n) is 5.85. The van der Waals surface area contributed by atoms with Gasteiger partial charge in [0.1, 0.15) is 18.5 Å². The van der Waals surface area contributed by atoms with E-state index >= 15 is 0 Å². The summed E-state index contributed by atoms with van der Waals surface area (Å²) in [6, 6.07) is 6.74. The van der Waals surface area contributed by atoms with Crippen LogP contribution in [0.3, 0.4) is 0 Å². The van der Waals surface area contributed by atoms with Gasteiger partial charge in [-0.15, -0.1) is 0 Å². The molecule has 4 rings (SSSR count). The van der Waals surface area contributed by atoms with Crippen LogP contribution in [-0.2, 0) is 11.3 Å². The topological polar surface area (TPSA) is 91.6 Å². The molecule has 2 aliphatic heterocycles. The first-order chi connectivity index (χ1) is 15.1. The maximum Gasteiger partial charge on any atom is 0.490 e. The van der Waals surface area contributed by atoms with Crippen LogP contribution in [0.2, 0.25) is 0 Å². The first-order valence-electron chi connectivity index (χ1n) is 9.95. The molecule has 3 heterocycles. The van der Waals surface area contributed by atoms with Gasteiger partial charge < -0.3 is 10.0 Å². The highest BCUT2D eigenvalue weighted by Gasteiger charge is 2.43. The summed E-state index contributed by atoms with van der Waals surface area (Å²) in [6.45, 7) is 2.34. The van der Waals surface area contributed by atoms with Crippen LogP contribution in [0.5, 0.6) is 0 Å². The van der Waals surface area contributed by atoms with Crippen molar-refractivity contribution in [3.63, 3.8) is 0 Å². The molecule has 1 N–H and O–H groups in total. The smallest absolute Gasteiger partial charge is 0.475 e. The summed E-state index contributed by atoms with van der Waals surface area (Å²) in [4.78, 5) is 29.9. The predicted octanol–water partition coefficient (Wildman–Crippen LogP) is 2.29. The Hall–Kier alpha value is -3.02. The number of benzene rings is 1. The van der Waals surface area contributed by atoms with Crippen LogP contribution >= 0.6 is 0 Å². The fourth-order valence-corrected chi connectivity index (χ4v) is 4.28. The quantitative estimate of drug-likeness (QED) is 0.712. The zero-order chi connectivity index (χ0) is 23.5. The summed E-state index contributed by atoms with van der Waals surface area (Å²) in [7, 11) is 2.17. The van der Waals surface area contributed by atoms with E-state index in [1.54, 1.807) is 24.8 Å². The summed E-state index contributed by atoms with van der Waals surface area (Å²) in [5, 5.41) is 11.3. The highest BCUT2D eigenvalue weighted by atomic mass is 19.4. The van der Waals surface area contributed by atoms with Gasteiger partial charge in [0.25, 0.3) is 5.91 Å². The SMILES string of the molecule is CN1[C@H](Cn2cncn2)C[C@@H]2CN(C(=O)c3ccc(F)cc3)CC[C@@H]21.O=C(O)C(F)(F)F. The maximum atomic E-state index is 13.1. The average molecular weight is 457 g/mol. The van der Waals surface area contributed by atoms with Crippen LogP contribution in [0, 0.1) is 11.7 Å². The zero-order valence-electron chi connectivity index (χ0n) is 17.2. The monoisotopic (exact) mass is 457 g/mol. The lowest BCUT2D eigenvalue weighted by molar-refractivity contribution is -0.192. The normalized spacial score (nSPS) is 23.3. The van der Waals surface area contributed by atoms with Crippen LogP contribution in [0.15, 0.2) is 36.9 Å². The molecule has 0 aliphatic carbocycles. The molecule has 0 radical (unpaired) electrons. The Labute approximate surface area is 181 Å². The van der Waals surface area contributed by atoms with Crippen molar-refractivity contribution in [3.05, 3.63) is 48.3 Å². The number of alkyl halides is 3. The van der Waals surface area contributed by atoms with Gasteiger partial charge >= 0.3 is 12.1 Å². The number of amides is 1. The van der Waals surface area contributed by atoms with Crippen molar-refractivity contribution in [1.82, 2.24) is 24.6 Å². The van der Waals surface area contributed by atoms with Crippen LogP contribution in [0.25, 0.3) is 0 Å². The number of piperidine rings is 1. The van der Waals surface area contributed by atoms with Gasteiger partial charge in [0.15, 0.2) is 0 Å². The first kappa shape index (κ1) is 23.6. The molecule has 8 nitrogen and oxygen atoms in total. The molecule has 0 bridgehead atoms. The summed E-state index contributed by atoms with van der Waals surface area (Å²) in [5.74, 6) is -2.60. The number of aromatic nitrogens is 3. The highest BCUT2D eigenvalue weighted by molar-refractivity contribution is 5.94. The van der Waals surface area contributed by atoms with Gasteiger partial charge in [-0.25, -0.2) is 14.2 Å². The second kappa shape index (κ2) is 9.63. The molecule has 2 fully saturated rings. The van der Waals surface area contributed by atoms with Crippen molar-refractivity contribution in [2.45, 2.75) is 37.6 Å². The molecular formula is C20H23F4N5O3. The molecule has 1 amide bonds. The van der Waals surface area contributed by atoms with Gasteiger partial charge in [0, 0.05) is 30.7 Å². The predicted molar refractivity (Wildman–Crippen MR) is 104 cm³/mol. The van der Waals surface area contributed by atoms with Crippen molar-refractivity contribution in [3.8, 4) is 0 Å². The van der Waals surface area contributed by atoms with Crippen molar-refractivity contribution < 1.29 is 32.3 Å². The van der Waals surface area contributed by atoms with E-state index in [2.05, 4.69) is 22.0 Å². The largest absolute Gasteiger partial charge is 0.490 e. The molecule has 174 valence electrons. The molecule has 0 unspecified atom stereocenters. The number of rotatable bonds is 3. The summed E-state index contributed by atoms with van der Waals surface area (Å²) in [5.41, 5.74) is 0.561. The molecule has 12 heteroatoms.